The van der Waals surface area contributed by atoms with Gasteiger partial charge in [0, 0.05) is 12.0 Å². The summed E-state index contributed by atoms with van der Waals surface area (Å²) in [4.78, 5) is 0. The van der Waals surface area contributed by atoms with Gasteiger partial charge in [-0.2, -0.15) is 0 Å². The molecule has 62 valence electrons. The van der Waals surface area contributed by atoms with Gasteiger partial charge in [0.1, 0.15) is 0 Å². The highest BCUT2D eigenvalue weighted by molar-refractivity contribution is 4.74. The lowest BCUT2D eigenvalue weighted by atomic mass is 9.98. The van der Waals surface area contributed by atoms with E-state index in [0.717, 1.165) is 6.92 Å². The molecule has 0 rings (SSSR count). The van der Waals surface area contributed by atoms with Crippen molar-refractivity contribution >= 4 is 0 Å². The van der Waals surface area contributed by atoms with E-state index in [4.69, 9.17) is 5.73 Å². The third kappa shape index (κ3) is 7.82. The first kappa shape index (κ1) is 9.82. The third-order valence-corrected chi connectivity index (χ3v) is 1.21. The fourth-order valence-electron chi connectivity index (χ4n) is 0.542. The largest absolute Gasteiger partial charge is 0.326 e. The summed E-state index contributed by atoms with van der Waals surface area (Å²) in [6.07, 6.45) is 0.229. The monoisotopic (exact) mass is 151 g/mol. The second-order valence-electron chi connectivity index (χ2n) is 3.56. The average molecular weight is 151 g/mol. The molecule has 0 aliphatic carbocycles. The predicted octanol–water partition coefficient (Wildman–Crippen LogP) is 2.16. The van der Waals surface area contributed by atoms with Gasteiger partial charge >= 0.3 is 0 Å². The van der Waals surface area contributed by atoms with Crippen LogP contribution < -0.4 is 5.73 Å². The topological polar surface area (TPSA) is 26.0 Å². The smallest absolute Gasteiger partial charge is 0.245 e. The molecule has 3 heteroatoms. The maximum atomic E-state index is 12.2. The van der Waals surface area contributed by atoms with E-state index < -0.39 is 11.5 Å². The van der Waals surface area contributed by atoms with Crippen molar-refractivity contribution in [3.8, 4) is 0 Å². The van der Waals surface area contributed by atoms with Crippen molar-refractivity contribution in [2.45, 2.75) is 45.1 Å². The molecular formula is C7H15F2N. The van der Waals surface area contributed by atoms with E-state index >= 15 is 0 Å². The molecule has 2 N–H and O–H groups in total. The predicted molar refractivity (Wildman–Crippen MR) is 38.1 cm³/mol. The Labute approximate surface area is 60.6 Å². The van der Waals surface area contributed by atoms with Gasteiger partial charge in [-0.15, -0.1) is 0 Å². The molecule has 0 aromatic rings. The average Bonchev–Trinajstić information content (AvgIpc) is 1.57. The van der Waals surface area contributed by atoms with Crippen molar-refractivity contribution in [2.24, 2.45) is 5.73 Å². The van der Waals surface area contributed by atoms with Gasteiger partial charge in [0.2, 0.25) is 5.92 Å². The number of halogens is 2. The maximum Gasteiger partial charge on any atom is 0.245 e. The summed E-state index contributed by atoms with van der Waals surface area (Å²) in [6.45, 7) is 4.41. The maximum absolute atomic E-state index is 12.2. The van der Waals surface area contributed by atoms with Crippen LogP contribution in [0.4, 0.5) is 8.78 Å². The molecule has 0 aliphatic heterocycles. The van der Waals surface area contributed by atoms with Crippen LogP contribution in [0.3, 0.4) is 0 Å². The Balaban J connectivity index is 3.56. The van der Waals surface area contributed by atoms with E-state index in [1.165, 1.54) is 0 Å². The molecular weight excluding hydrogens is 136 g/mol. The summed E-state index contributed by atoms with van der Waals surface area (Å²) < 4.78 is 24.4. The van der Waals surface area contributed by atoms with Crippen molar-refractivity contribution in [3.63, 3.8) is 0 Å². The summed E-state index contributed by atoms with van der Waals surface area (Å²) in [6, 6.07) is 0. The minimum absolute atomic E-state index is 0.128. The van der Waals surface area contributed by atoms with Crippen molar-refractivity contribution in [1.82, 2.24) is 0 Å². The Morgan fingerprint density at radius 3 is 1.60 bits per heavy atom. The highest BCUT2D eigenvalue weighted by atomic mass is 19.3. The molecule has 0 fully saturated rings. The van der Waals surface area contributed by atoms with Crippen LogP contribution in [0.2, 0.25) is 0 Å². The van der Waals surface area contributed by atoms with Crippen LogP contribution in [0.15, 0.2) is 0 Å². The van der Waals surface area contributed by atoms with Crippen LogP contribution >= 0.6 is 0 Å². The van der Waals surface area contributed by atoms with E-state index in [-0.39, 0.29) is 6.42 Å². The van der Waals surface area contributed by atoms with E-state index in [0.29, 0.717) is 6.42 Å². The molecule has 0 aliphatic rings. The van der Waals surface area contributed by atoms with Crippen LogP contribution in [-0.2, 0) is 0 Å². The van der Waals surface area contributed by atoms with Crippen molar-refractivity contribution in [2.75, 3.05) is 0 Å². The fourth-order valence-corrected chi connectivity index (χ4v) is 0.542. The van der Waals surface area contributed by atoms with E-state index in [1.807, 2.05) is 0 Å². The van der Waals surface area contributed by atoms with Gasteiger partial charge in [-0.25, -0.2) is 8.78 Å². The third-order valence-electron chi connectivity index (χ3n) is 1.21. The van der Waals surface area contributed by atoms with Crippen LogP contribution in [0.5, 0.6) is 0 Å². The number of rotatable bonds is 3. The minimum atomic E-state index is -2.57. The summed E-state index contributed by atoms with van der Waals surface area (Å²) in [5.74, 6) is -2.57. The minimum Gasteiger partial charge on any atom is -0.326 e. The Kier molecular flexibility index (Phi) is 2.77. The van der Waals surface area contributed by atoms with E-state index in [9.17, 15) is 8.78 Å². The molecule has 0 aromatic carbocycles. The van der Waals surface area contributed by atoms with E-state index in [2.05, 4.69) is 0 Å². The molecule has 0 heterocycles. The van der Waals surface area contributed by atoms with Crippen molar-refractivity contribution < 1.29 is 8.78 Å². The molecule has 0 aromatic heterocycles. The van der Waals surface area contributed by atoms with Crippen LogP contribution in [0.1, 0.15) is 33.6 Å². The standard InChI is InChI=1S/C7H15F2N/c1-6(2,10)4-5-7(3,8)9/h4-5,10H2,1-3H3. The summed E-state index contributed by atoms with van der Waals surface area (Å²) in [7, 11) is 0. The normalized spacial score (nSPS) is 13.8. The molecule has 0 unspecified atom stereocenters. The van der Waals surface area contributed by atoms with Gasteiger partial charge in [0.15, 0.2) is 0 Å². The highest BCUT2D eigenvalue weighted by Crippen LogP contribution is 2.22. The Bertz CT molecular complexity index is 85.2. The Morgan fingerprint density at radius 2 is 1.50 bits per heavy atom. The molecule has 0 spiro atoms. The molecule has 0 radical (unpaired) electrons. The first-order chi connectivity index (χ1) is 4.21. The Morgan fingerprint density at radius 1 is 1.10 bits per heavy atom. The molecule has 0 saturated carbocycles. The number of hydrogen-bond acceptors (Lipinski definition) is 1. The van der Waals surface area contributed by atoms with Crippen LogP contribution in [0.25, 0.3) is 0 Å². The first-order valence-corrected chi connectivity index (χ1v) is 3.37. The SMILES string of the molecule is CC(C)(N)CCC(C)(F)F. The summed E-state index contributed by atoms with van der Waals surface area (Å²) in [5.41, 5.74) is 5.04. The number of alkyl halides is 2. The van der Waals surface area contributed by atoms with E-state index in [1.54, 1.807) is 13.8 Å². The lowest BCUT2D eigenvalue weighted by molar-refractivity contribution is 0.00631. The van der Waals surface area contributed by atoms with Gasteiger partial charge in [0.25, 0.3) is 0 Å². The quantitative estimate of drug-likeness (QED) is 0.657. The zero-order valence-corrected chi connectivity index (χ0v) is 6.75. The highest BCUT2D eigenvalue weighted by Gasteiger charge is 2.24. The number of nitrogens with two attached hydrogens (primary N) is 1. The summed E-state index contributed by atoms with van der Waals surface area (Å²) in [5, 5.41) is 0. The number of hydrogen-bond donors (Lipinski definition) is 1. The van der Waals surface area contributed by atoms with Gasteiger partial charge in [-0.3, -0.25) is 0 Å². The lowest BCUT2D eigenvalue weighted by Gasteiger charge is -2.20. The zero-order chi connectivity index (χ0) is 8.41. The van der Waals surface area contributed by atoms with Crippen molar-refractivity contribution in [3.05, 3.63) is 0 Å². The molecule has 0 bridgehead atoms. The van der Waals surface area contributed by atoms with Gasteiger partial charge in [0.05, 0.1) is 0 Å². The zero-order valence-electron chi connectivity index (χ0n) is 6.75. The molecule has 10 heavy (non-hydrogen) atoms. The molecule has 0 saturated heterocycles. The Hall–Kier alpha value is -0.180. The molecule has 0 amide bonds. The molecule has 0 atom stereocenters. The second-order valence-corrected chi connectivity index (χ2v) is 3.56. The van der Waals surface area contributed by atoms with Crippen LogP contribution in [0, 0.1) is 0 Å². The second kappa shape index (κ2) is 2.82. The van der Waals surface area contributed by atoms with Gasteiger partial charge < -0.3 is 5.73 Å². The first-order valence-electron chi connectivity index (χ1n) is 3.37. The van der Waals surface area contributed by atoms with Crippen LogP contribution in [-0.4, -0.2) is 11.5 Å². The van der Waals surface area contributed by atoms with Gasteiger partial charge in [-0.05, 0) is 27.2 Å². The summed E-state index contributed by atoms with van der Waals surface area (Å²) >= 11 is 0. The molecule has 1 nitrogen and oxygen atoms in total. The fraction of sp³-hybridized carbons (Fsp3) is 1.00. The van der Waals surface area contributed by atoms with Crippen molar-refractivity contribution in [1.29, 1.82) is 0 Å². The van der Waals surface area contributed by atoms with Gasteiger partial charge in [-0.1, -0.05) is 0 Å². The lowest BCUT2D eigenvalue weighted by Crippen LogP contribution is -2.33.